The minimum atomic E-state index is -0.532. The summed E-state index contributed by atoms with van der Waals surface area (Å²) in [6.45, 7) is 1.69. The Balaban J connectivity index is 3.18. The summed E-state index contributed by atoms with van der Waals surface area (Å²) in [5.41, 5.74) is 1.36. The molecule has 12 heavy (non-hydrogen) atoms. The van der Waals surface area contributed by atoms with Crippen LogP contribution in [0.4, 0.5) is 5.69 Å². The van der Waals surface area contributed by atoms with Gasteiger partial charge in [-0.05, 0) is 47.5 Å². The van der Waals surface area contributed by atoms with Crippen molar-refractivity contribution in [3.63, 3.8) is 0 Å². The second-order valence-electron chi connectivity index (χ2n) is 2.37. The lowest BCUT2D eigenvalue weighted by molar-refractivity contribution is 0.108. The molecule has 0 saturated heterocycles. The molecule has 0 atom stereocenters. The molecule has 0 fully saturated rings. The molecule has 0 aliphatic heterocycles. The number of carbonyl (C=O) groups is 1. The van der Waals surface area contributed by atoms with E-state index >= 15 is 0 Å². The van der Waals surface area contributed by atoms with Crippen LogP contribution in [0.2, 0.25) is 0 Å². The highest BCUT2D eigenvalue weighted by Crippen LogP contribution is 2.19. The summed E-state index contributed by atoms with van der Waals surface area (Å²) < 4.78 is 0. The van der Waals surface area contributed by atoms with Gasteiger partial charge in [0.25, 0.3) is 5.24 Å². The maximum atomic E-state index is 10.7. The van der Waals surface area contributed by atoms with E-state index in [0.717, 1.165) is 0 Å². The minimum absolute atomic E-state index is 0.330. The van der Waals surface area contributed by atoms with Gasteiger partial charge in [0.15, 0.2) is 0 Å². The third kappa shape index (κ3) is 1.68. The largest absolute Gasteiger partial charge is 0.276 e. The van der Waals surface area contributed by atoms with Crippen LogP contribution in [0.3, 0.4) is 0 Å². The number of nitrogens with zero attached hydrogens (tertiary/aromatic N) is 1. The maximum absolute atomic E-state index is 10.7. The van der Waals surface area contributed by atoms with Crippen LogP contribution in [0, 0.1) is 11.8 Å². The number of aryl methyl sites for hydroxylation is 1. The van der Waals surface area contributed by atoms with Crippen LogP contribution in [0.25, 0.3) is 0 Å². The number of hydrogen-bond acceptors (Lipinski definition) is 3. The Morgan fingerprint density at radius 3 is 2.58 bits per heavy atom. The molecule has 1 rings (SSSR count). The van der Waals surface area contributed by atoms with Crippen molar-refractivity contribution in [2.45, 2.75) is 6.92 Å². The first-order valence-corrected chi connectivity index (χ1v) is 3.67. The molecule has 0 unspecified atom stereocenters. The van der Waals surface area contributed by atoms with E-state index in [0.29, 0.717) is 16.8 Å². The molecule has 0 aliphatic rings. The Bertz CT molecular complexity index is 336. The van der Waals surface area contributed by atoms with E-state index in [1.165, 1.54) is 18.2 Å². The first-order valence-electron chi connectivity index (χ1n) is 3.29. The van der Waals surface area contributed by atoms with Gasteiger partial charge in [-0.15, -0.1) is 4.91 Å². The van der Waals surface area contributed by atoms with Gasteiger partial charge in [0.1, 0.15) is 5.69 Å². The second kappa shape index (κ2) is 3.45. The molecule has 0 heterocycles. The van der Waals surface area contributed by atoms with Crippen molar-refractivity contribution in [2.75, 3.05) is 0 Å². The van der Waals surface area contributed by atoms with Gasteiger partial charge >= 0.3 is 0 Å². The van der Waals surface area contributed by atoms with Crippen LogP contribution in [0.1, 0.15) is 15.9 Å². The summed E-state index contributed by atoms with van der Waals surface area (Å²) in [5.74, 6) is 0. The van der Waals surface area contributed by atoms with Gasteiger partial charge in [-0.1, -0.05) is 0 Å². The van der Waals surface area contributed by atoms with E-state index in [4.69, 9.17) is 11.6 Å². The van der Waals surface area contributed by atoms with Gasteiger partial charge in [0, 0.05) is 5.56 Å². The van der Waals surface area contributed by atoms with Gasteiger partial charge < -0.3 is 0 Å². The Kier molecular flexibility index (Phi) is 2.55. The van der Waals surface area contributed by atoms with Crippen LogP contribution in [0.15, 0.2) is 23.4 Å². The first kappa shape index (κ1) is 8.87. The molecule has 0 radical (unpaired) electrons. The van der Waals surface area contributed by atoms with Crippen LogP contribution >= 0.6 is 11.6 Å². The lowest BCUT2D eigenvalue weighted by atomic mass is 10.1. The maximum Gasteiger partial charge on any atom is 0.252 e. The normalized spacial score (nSPS) is 9.50. The van der Waals surface area contributed by atoms with E-state index in [9.17, 15) is 9.70 Å². The summed E-state index contributed by atoms with van der Waals surface area (Å²) in [4.78, 5) is 20.8. The van der Waals surface area contributed by atoms with E-state index in [-0.39, 0.29) is 0 Å². The van der Waals surface area contributed by atoms with Crippen LogP contribution in [-0.2, 0) is 0 Å². The van der Waals surface area contributed by atoms with E-state index in [1.807, 2.05) is 0 Å². The molecule has 4 heteroatoms. The fourth-order valence-corrected chi connectivity index (χ4v) is 0.998. The fraction of sp³-hybridized carbons (Fsp3) is 0.125. The zero-order valence-corrected chi connectivity index (χ0v) is 7.13. The Labute approximate surface area is 74.3 Å². The molecule has 0 saturated carbocycles. The highest BCUT2D eigenvalue weighted by molar-refractivity contribution is 6.67. The number of benzene rings is 1. The van der Waals surface area contributed by atoms with E-state index < -0.39 is 5.24 Å². The Hall–Kier alpha value is -1.22. The average Bonchev–Trinajstić information content (AvgIpc) is 2.04. The van der Waals surface area contributed by atoms with Crippen LogP contribution in [0.5, 0.6) is 0 Å². The highest BCUT2D eigenvalue weighted by atomic mass is 35.5. The number of nitroso groups, excluding NO2 is 1. The summed E-state index contributed by atoms with van der Waals surface area (Å²) in [5, 5.41) is 2.23. The van der Waals surface area contributed by atoms with Gasteiger partial charge in [-0.2, -0.15) is 0 Å². The minimum Gasteiger partial charge on any atom is -0.276 e. The lowest BCUT2D eigenvalue weighted by Gasteiger charge is -1.97. The standard InChI is InChI=1S/C8H6ClNO2/c1-5-4-6(8(9)11)2-3-7(5)10-12/h2-4H,1H3. The van der Waals surface area contributed by atoms with Gasteiger partial charge in [-0.3, -0.25) is 4.79 Å². The zero-order valence-electron chi connectivity index (χ0n) is 6.37. The molecule has 0 amide bonds. The van der Waals surface area contributed by atoms with Crippen LogP contribution < -0.4 is 0 Å². The van der Waals surface area contributed by atoms with Crippen molar-refractivity contribution in [1.29, 1.82) is 0 Å². The zero-order chi connectivity index (χ0) is 9.14. The molecule has 3 nitrogen and oxygen atoms in total. The molecular formula is C8H6ClNO2. The number of carbonyl (C=O) groups excluding carboxylic acids is 1. The van der Waals surface area contributed by atoms with Gasteiger partial charge in [0.05, 0.1) is 0 Å². The summed E-state index contributed by atoms with van der Waals surface area (Å²) in [7, 11) is 0. The monoisotopic (exact) mass is 183 g/mol. The van der Waals surface area contributed by atoms with Crippen molar-refractivity contribution in [1.82, 2.24) is 0 Å². The molecule has 1 aromatic rings. The lowest BCUT2D eigenvalue weighted by Crippen LogP contribution is -1.88. The second-order valence-corrected chi connectivity index (χ2v) is 2.71. The third-order valence-corrected chi connectivity index (χ3v) is 1.74. The predicted octanol–water partition coefficient (Wildman–Crippen LogP) is 2.77. The third-order valence-electron chi connectivity index (χ3n) is 1.52. The van der Waals surface area contributed by atoms with Crippen molar-refractivity contribution < 1.29 is 4.79 Å². The van der Waals surface area contributed by atoms with Crippen molar-refractivity contribution in [2.24, 2.45) is 5.18 Å². The van der Waals surface area contributed by atoms with Gasteiger partial charge in [-0.25, -0.2) is 0 Å². The highest BCUT2D eigenvalue weighted by Gasteiger charge is 2.04. The summed E-state index contributed by atoms with van der Waals surface area (Å²) in [6, 6.07) is 4.48. The number of halogens is 1. The molecule has 0 bridgehead atoms. The first-order chi connectivity index (χ1) is 5.65. The predicted molar refractivity (Wildman–Crippen MR) is 46.8 cm³/mol. The van der Waals surface area contributed by atoms with Crippen molar-refractivity contribution >= 4 is 22.5 Å². The van der Waals surface area contributed by atoms with E-state index in [1.54, 1.807) is 6.92 Å². The molecule has 0 aliphatic carbocycles. The van der Waals surface area contributed by atoms with Gasteiger partial charge in [0.2, 0.25) is 0 Å². The number of hydrogen-bond donors (Lipinski definition) is 0. The molecular weight excluding hydrogens is 178 g/mol. The molecule has 1 aromatic carbocycles. The summed E-state index contributed by atoms with van der Waals surface area (Å²) in [6.07, 6.45) is 0. The molecule has 0 N–H and O–H groups in total. The SMILES string of the molecule is Cc1cc(C(=O)Cl)ccc1N=O. The quantitative estimate of drug-likeness (QED) is 0.523. The van der Waals surface area contributed by atoms with Crippen molar-refractivity contribution in [3.8, 4) is 0 Å². The van der Waals surface area contributed by atoms with Crippen molar-refractivity contribution in [3.05, 3.63) is 34.2 Å². The smallest absolute Gasteiger partial charge is 0.252 e. The van der Waals surface area contributed by atoms with Crippen LogP contribution in [-0.4, -0.2) is 5.24 Å². The Morgan fingerprint density at radius 1 is 1.50 bits per heavy atom. The fourth-order valence-electron chi connectivity index (χ4n) is 0.880. The number of rotatable bonds is 2. The van der Waals surface area contributed by atoms with E-state index in [2.05, 4.69) is 5.18 Å². The molecule has 0 aromatic heterocycles. The molecule has 0 spiro atoms. The average molecular weight is 184 g/mol. The summed E-state index contributed by atoms with van der Waals surface area (Å²) >= 11 is 5.22. The topological polar surface area (TPSA) is 46.5 Å². The molecule has 62 valence electrons. The Morgan fingerprint density at radius 2 is 2.17 bits per heavy atom.